The summed E-state index contributed by atoms with van der Waals surface area (Å²) in [5, 5.41) is 9.68. The largest absolute Gasteiger partial charge is 0.490 e. The highest BCUT2D eigenvalue weighted by atomic mass is 19.4. The van der Waals surface area contributed by atoms with Gasteiger partial charge in [-0.15, -0.1) is 0 Å². The van der Waals surface area contributed by atoms with Crippen LogP contribution in [0.25, 0.3) is 0 Å². The van der Waals surface area contributed by atoms with Gasteiger partial charge in [0.25, 0.3) is 0 Å². The lowest BCUT2D eigenvalue weighted by molar-refractivity contribution is -0.906. The van der Waals surface area contributed by atoms with E-state index in [1.807, 2.05) is 0 Å². The summed E-state index contributed by atoms with van der Waals surface area (Å²) in [6.45, 7) is 1.24. The normalized spacial score (nSPS) is 11.1. The number of ether oxygens (including phenoxy) is 2. The topological polar surface area (TPSA) is 59.6 Å². The van der Waals surface area contributed by atoms with E-state index in [2.05, 4.69) is 4.74 Å². The van der Waals surface area contributed by atoms with Crippen LogP contribution in [0.1, 0.15) is 11.1 Å². The second-order valence-corrected chi connectivity index (χ2v) is 4.71. The maximum Gasteiger partial charge on any atom is 0.490 e. The third-order valence-electron chi connectivity index (χ3n) is 2.76. The molecular formula is C15H13F3NO4+. The number of benzene rings is 1. The Bertz CT molecular complexity index is 716. The molecule has 0 saturated heterocycles. The Labute approximate surface area is 129 Å². The summed E-state index contributed by atoms with van der Waals surface area (Å²) < 4.78 is 46.6. The molecule has 2 rings (SSSR count). The Kier molecular flexibility index (Phi) is 4.73. The third kappa shape index (κ3) is 4.60. The zero-order valence-corrected chi connectivity index (χ0v) is 12.0. The second kappa shape index (κ2) is 6.55. The molecule has 1 aromatic heterocycles. The summed E-state index contributed by atoms with van der Waals surface area (Å²) in [6, 6.07) is 9.22. The van der Waals surface area contributed by atoms with Crippen LogP contribution in [0.2, 0.25) is 0 Å². The van der Waals surface area contributed by atoms with Gasteiger partial charge in [0.2, 0.25) is 6.20 Å². The number of halogens is 3. The number of carbonyl (C=O) groups excluding carboxylic acids is 1. The fourth-order valence-electron chi connectivity index (χ4n) is 1.71. The molecule has 0 aliphatic rings. The van der Waals surface area contributed by atoms with Gasteiger partial charge in [-0.1, -0.05) is 12.1 Å². The first-order valence-electron chi connectivity index (χ1n) is 6.48. The van der Waals surface area contributed by atoms with Crippen LogP contribution < -0.4 is 9.47 Å². The first-order valence-corrected chi connectivity index (χ1v) is 6.48. The molecule has 2 aromatic rings. The van der Waals surface area contributed by atoms with E-state index in [9.17, 15) is 23.2 Å². The Morgan fingerprint density at radius 1 is 1.26 bits per heavy atom. The minimum Gasteiger partial charge on any atom is -0.454 e. The monoisotopic (exact) mass is 328 g/mol. The molecule has 0 fully saturated rings. The van der Waals surface area contributed by atoms with Gasteiger partial charge in [-0.2, -0.15) is 13.2 Å². The van der Waals surface area contributed by atoms with Gasteiger partial charge >= 0.3 is 18.0 Å². The van der Waals surface area contributed by atoms with Crippen molar-refractivity contribution in [3.63, 3.8) is 0 Å². The quantitative estimate of drug-likeness (QED) is 0.533. The highest BCUT2D eigenvalue weighted by Crippen LogP contribution is 2.21. The van der Waals surface area contributed by atoms with Crippen LogP contribution in [0.15, 0.2) is 42.6 Å². The van der Waals surface area contributed by atoms with Crippen molar-refractivity contribution in [2.24, 2.45) is 0 Å². The van der Waals surface area contributed by atoms with Crippen molar-refractivity contribution in [1.29, 1.82) is 0 Å². The lowest BCUT2D eigenvalue weighted by Crippen LogP contribution is -2.31. The van der Waals surface area contributed by atoms with Gasteiger partial charge in [0.15, 0.2) is 0 Å². The van der Waals surface area contributed by atoms with Crippen LogP contribution >= 0.6 is 0 Å². The van der Waals surface area contributed by atoms with Crippen molar-refractivity contribution in [2.45, 2.75) is 19.7 Å². The number of alkyl halides is 3. The number of nitrogens with zero attached hydrogens (tertiary/aromatic N) is 1. The lowest BCUT2D eigenvalue weighted by Gasteiger charge is -2.08. The van der Waals surface area contributed by atoms with E-state index < -0.39 is 18.8 Å². The van der Waals surface area contributed by atoms with Crippen molar-refractivity contribution < 1.29 is 37.4 Å². The fraction of sp³-hybridized carbons (Fsp3) is 0.200. The fourth-order valence-corrected chi connectivity index (χ4v) is 1.71. The summed E-state index contributed by atoms with van der Waals surface area (Å²) in [4.78, 5) is 10.7. The Hall–Kier alpha value is -2.77. The Balaban J connectivity index is 2.06. The molecule has 122 valence electrons. The van der Waals surface area contributed by atoms with Crippen LogP contribution in [-0.4, -0.2) is 17.4 Å². The number of aromatic nitrogens is 1. The van der Waals surface area contributed by atoms with E-state index in [1.165, 1.54) is 30.5 Å². The summed E-state index contributed by atoms with van der Waals surface area (Å²) in [5.74, 6) is -1.85. The number of pyridine rings is 1. The standard InChI is InChI=1S/C15H13F3NO4/c1-10-5-6-13(19(21)8-10)23-12-4-2-3-11(7-12)9-22-14(20)15(16,17)18/h2-8,21H,9H2,1H3/q+1. The van der Waals surface area contributed by atoms with E-state index in [0.717, 1.165) is 10.3 Å². The molecule has 0 atom stereocenters. The maximum absolute atomic E-state index is 12.1. The minimum absolute atomic E-state index is 0.125. The number of rotatable bonds is 4. The van der Waals surface area contributed by atoms with E-state index >= 15 is 0 Å². The van der Waals surface area contributed by atoms with Gasteiger partial charge < -0.3 is 9.47 Å². The van der Waals surface area contributed by atoms with Gasteiger partial charge in [-0.05, 0) is 30.7 Å². The van der Waals surface area contributed by atoms with Gasteiger partial charge in [-0.25, -0.2) is 4.79 Å². The van der Waals surface area contributed by atoms with Crippen molar-refractivity contribution in [3.05, 3.63) is 53.7 Å². The van der Waals surface area contributed by atoms with Crippen LogP contribution in [0.5, 0.6) is 11.6 Å². The molecule has 0 bridgehead atoms. The highest BCUT2D eigenvalue weighted by Gasteiger charge is 2.40. The SMILES string of the molecule is Cc1ccc(Oc2cccc(COC(=O)C(F)(F)F)c2)[n+](O)c1. The average Bonchev–Trinajstić information content (AvgIpc) is 2.47. The molecular weight excluding hydrogens is 315 g/mol. The minimum atomic E-state index is -5.03. The molecule has 0 amide bonds. The van der Waals surface area contributed by atoms with E-state index in [0.29, 0.717) is 5.56 Å². The Morgan fingerprint density at radius 3 is 2.65 bits per heavy atom. The van der Waals surface area contributed by atoms with Crippen molar-refractivity contribution in [1.82, 2.24) is 0 Å². The van der Waals surface area contributed by atoms with E-state index in [1.54, 1.807) is 19.1 Å². The average molecular weight is 328 g/mol. The number of hydrogen-bond donors (Lipinski definition) is 1. The van der Waals surface area contributed by atoms with Gasteiger partial charge in [0.1, 0.15) is 12.4 Å². The summed E-state index contributed by atoms with van der Waals surface area (Å²) >= 11 is 0. The molecule has 8 heteroatoms. The Morgan fingerprint density at radius 2 is 2.00 bits per heavy atom. The molecule has 1 N–H and O–H groups in total. The first kappa shape index (κ1) is 16.6. The summed E-state index contributed by atoms with van der Waals surface area (Å²) in [6.07, 6.45) is -3.59. The van der Waals surface area contributed by atoms with Gasteiger partial charge in [0.05, 0.1) is 6.07 Å². The first-order chi connectivity index (χ1) is 10.8. The van der Waals surface area contributed by atoms with Crippen molar-refractivity contribution >= 4 is 5.97 Å². The number of aryl methyl sites for hydroxylation is 1. The summed E-state index contributed by atoms with van der Waals surface area (Å²) in [7, 11) is 0. The summed E-state index contributed by atoms with van der Waals surface area (Å²) in [5.41, 5.74) is 1.13. The molecule has 1 heterocycles. The molecule has 5 nitrogen and oxygen atoms in total. The number of carbonyl (C=O) groups is 1. The molecule has 1 aromatic carbocycles. The number of hydrogen-bond acceptors (Lipinski definition) is 4. The van der Waals surface area contributed by atoms with E-state index in [-0.39, 0.29) is 11.6 Å². The molecule has 0 spiro atoms. The molecule has 0 aliphatic heterocycles. The van der Waals surface area contributed by atoms with E-state index in [4.69, 9.17) is 4.74 Å². The van der Waals surface area contributed by atoms with Crippen LogP contribution in [0, 0.1) is 6.92 Å². The lowest BCUT2D eigenvalue weighted by atomic mass is 10.2. The van der Waals surface area contributed by atoms with Crippen LogP contribution in [0.3, 0.4) is 0 Å². The molecule has 0 saturated carbocycles. The smallest absolute Gasteiger partial charge is 0.454 e. The van der Waals surface area contributed by atoms with Gasteiger partial charge in [-0.3, -0.25) is 5.21 Å². The van der Waals surface area contributed by atoms with Crippen molar-refractivity contribution in [2.75, 3.05) is 0 Å². The zero-order valence-electron chi connectivity index (χ0n) is 12.0. The second-order valence-electron chi connectivity index (χ2n) is 4.71. The molecule has 0 radical (unpaired) electrons. The zero-order chi connectivity index (χ0) is 17.0. The van der Waals surface area contributed by atoms with Crippen LogP contribution in [-0.2, 0) is 16.1 Å². The predicted octanol–water partition coefficient (Wildman–Crippen LogP) is 2.92. The predicted molar refractivity (Wildman–Crippen MR) is 70.9 cm³/mol. The number of esters is 1. The third-order valence-corrected chi connectivity index (χ3v) is 2.76. The molecule has 0 aliphatic carbocycles. The van der Waals surface area contributed by atoms with Crippen LogP contribution in [0.4, 0.5) is 13.2 Å². The highest BCUT2D eigenvalue weighted by molar-refractivity contribution is 5.75. The molecule has 0 unspecified atom stereocenters. The van der Waals surface area contributed by atoms with Crippen molar-refractivity contribution in [3.8, 4) is 11.6 Å². The maximum atomic E-state index is 12.1. The molecule has 23 heavy (non-hydrogen) atoms. The van der Waals surface area contributed by atoms with Gasteiger partial charge in [0, 0.05) is 10.3 Å².